The molecule has 2 aromatic carbocycles. The second-order valence-electron chi connectivity index (χ2n) is 7.51. The average molecular weight is 398 g/mol. The summed E-state index contributed by atoms with van der Waals surface area (Å²) in [6.45, 7) is 0. The Balaban J connectivity index is 1.28. The molecule has 0 atom stereocenters. The Hall–Kier alpha value is -3.29. The summed E-state index contributed by atoms with van der Waals surface area (Å²) in [5.41, 5.74) is 2.51. The molecular weight excluding hydrogens is 381 g/mol. The number of benzene rings is 2. The summed E-state index contributed by atoms with van der Waals surface area (Å²) in [5.74, 6) is 0. The van der Waals surface area contributed by atoms with Crippen LogP contribution in [0.1, 0.15) is 24.0 Å². The van der Waals surface area contributed by atoms with Crippen LogP contribution in [0.4, 0.5) is 23.7 Å². The van der Waals surface area contributed by atoms with Gasteiger partial charge in [-0.05, 0) is 36.6 Å². The zero-order chi connectivity index (χ0) is 20.2. The molecule has 2 aliphatic rings. The minimum absolute atomic E-state index is 0.0813. The molecule has 29 heavy (non-hydrogen) atoms. The molecule has 1 fully saturated rings. The fraction of sp³-hybridized carbons (Fsp3) is 0.238. The van der Waals surface area contributed by atoms with Gasteiger partial charge in [0.25, 0.3) is 0 Å². The van der Waals surface area contributed by atoms with Crippen molar-refractivity contribution in [1.29, 1.82) is 0 Å². The Morgan fingerprint density at radius 1 is 1.14 bits per heavy atom. The molecule has 2 N–H and O–H groups in total. The van der Waals surface area contributed by atoms with Gasteiger partial charge in [0.05, 0.1) is 29.3 Å². The summed E-state index contributed by atoms with van der Waals surface area (Å²) in [7, 11) is 0. The maximum Gasteiger partial charge on any atom is 0.416 e. The predicted octanol–water partition coefficient (Wildman–Crippen LogP) is 4.61. The van der Waals surface area contributed by atoms with Crippen LogP contribution in [0.25, 0.3) is 11.3 Å². The Labute approximate surface area is 164 Å². The number of hydrogen-bond acceptors (Lipinski definition) is 2. The molecule has 8 heteroatoms. The van der Waals surface area contributed by atoms with Crippen molar-refractivity contribution in [2.75, 3.05) is 5.32 Å². The van der Waals surface area contributed by atoms with Crippen molar-refractivity contribution in [2.24, 2.45) is 0 Å². The topological polar surface area (TPSA) is 59.0 Å². The molecule has 2 heterocycles. The molecule has 1 aromatic heterocycles. The molecule has 0 unspecified atom stereocenters. The summed E-state index contributed by atoms with van der Waals surface area (Å²) in [6, 6.07) is 12.2. The summed E-state index contributed by atoms with van der Waals surface area (Å²) in [4.78, 5) is 16.6. The number of aromatic nitrogens is 2. The van der Waals surface area contributed by atoms with Gasteiger partial charge in [0.2, 0.25) is 0 Å². The molecule has 2 amide bonds. The van der Waals surface area contributed by atoms with Crippen molar-refractivity contribution in [3.8, 4) is 11.3 Å². The fourth-order valence-corrected chi connectivity index (χ4v) is 4.48. The van der Waals surface area contributed by atoms with Gasteiger partial charge in [-0.2, -0.15) is 13.2 Å². The molecule has 1 spiro atoms. The van der Waals surface area contributed by atoms with Crippen LogP contribution in [0.3, 0.4) is 0 Å². The minimum atomic E-state index is -4.45. The number of hydrogen-bond donors (Lipinski definition) is 2. The second-order valence-corrected chi connectivity index (χ2v) is 7.51. The monoisotopic (exact) mass is 398 g/mol. The van der Waals surface area contributed by atoms with Crippen molar-refractivity contribution in [3.63, 3.8) is 0 Å². The Kier molecular flexibility index (Phi) is 3.74. The zero-order valence-electron chi connectivity index (χ0n) is 15.2. The van der Waals surface area contributed by atoms with Crippen molar-refractivity contribution in [1.82, 2.24) is 14.9 Å². The van der Waals surface area contributed by atoms with E-state index in [-0.39, 0.29) is 17.3 Å². The van der Waals surface area contributed by atoms with Gasteiger partial charge in [-0.25, -0.2) is 9.78 Å². The number of alkyl halides is 3. The standard InChI is InChI=1S/C21H17F3N4O/c22-21(23,24)13-4-3-5-14(8-13)26-19(29)27-15-9-20(10-15)17-7-2-1-6-16(17)18-11-25-12-28(18)20/h1-8,11-12,15H,9-10H2,(H2,26,27,29). The van der Waals surface area contributed by atoms with E-state index in [1.165, 1.54) is 17.7 Å². The number of carbonyl (C=O) groups excluding carboxylic acids is 1. The van der Waals surface area contributed by atoms with Crippen LogP contribution in [0.5, 0.6) is 0 Å². The lowest BCUT2D eigenvalue weighted by molar-refractivity contribution is -0.137. The lowest BCUT2D eigenvalue weighted by Crippen LogP contribution is -2.56. The van der Waals surface area contributed by atoms with Gasteiger partial charge in [-0.3, -0.25) is 0 Å². The maximum atomic E-state index is 12.8. The second kappa shape index (κ2) is 6.10. The number of rotatable bonds is 2. The van der Waals surface area contributed by atoms with Crippen molar-refractivity contribution in [3.05, 3.63) is 72.2 Å². The average Bonchev–Trinajstić information content (AvgIpc) is 3.22. The van der Waals surface area contributed by atoms with E-state index in [0.29, 0.717) is 12.8 Å². The number of amides is 2. The largest absolute Gasteiger partial charge is 0.416 e. The Bertz CT molecular complexity index is 1100. The van der Waals surface area contributed by atoms with Crippen LogP contribution < -0.4 is 10.6 Å². The highest BCUT2D eigenvalue weighted by Crippen LogP contribution is 2.54. The number of imidazole rings is 1. The summed E-state index contributed by atoms with van der Waals surface area (Å²) < 4.78 is 40.6. The first-order valence-electron chi connectivity index (χ1n) is 9.24. The highest BCUT2D eigenvalue weighted by Gasteiger charge is 2.52. The summed E-state index contributed by atoms with van der Waals surface area (Å²) in [6.07, 6.45) is 0.600. The molecule has 148 valence electrons. The van der Waals surface area contributed by atoms with Crippen LogP contribution in [-0.2, 0) is 11.7 Å². The third-order valence-corrected chi connectivity index (χ3v) is 5.76. The molecule has 0 saturated heterocycles. The third-order valence-electron chi connectivity index (χ3n) is 5.76. The van der Waals surface area contributed by atoms with E-state index in [0.717, 1.165) is 23.4 Å². The third kappa shape index (κ3) is 2.78. The summed E-state index contributed by atoms with van der Waals surface area (Å²) in [5, 5.41) is 5.36. The number of urea groups is 1. The number of nitrogens with zero attached hydrogens (tertiary/aromatic N) is 2. The van der Waals surface area contributed by atoms with E-state index >= 15 is 0 Å². The first-order chi connectivity index (χ1) is 13.9. The smallest absolute Gasteiger partial charge is 0.335 e. The highest BCUT2D eigenvalue weighted by molar-refractivity contribution is 5.89. The van der Waals surface area contributed by atoms with E-state index < -0.39 is 17.8 Å². The van der Waals surface area contributed by atoms with Crippen LogP contribution in [-0.4, -0.2) is 21.6 Å². The molecule has 5 rings (SSSR count). The van der Waals surface area contributed by atoms with Gasteiger partial charge in [0, 0.05) is 17.3 Å². The Morgan fingerprint density at radius 2 is 1.93 bits per heavy atom. The van der Waals surface area contributed by atoms with E-state index in [1.807, 2.05) is 24.7 Å². The van der Waals surface area contributed by atoms with E-state index in [4.69, 9.17) is 0 Å². The Morgan fingerprint density at radius 3 is 2.72 bits per heavy atom. The molecular formula is C21H17F3N4O. The first kappa shape index (κ1) is 17.8. The van der Waals surface area contributed by atoms with Gasteiger partial charge in [0.15, 0.2) is 0 Å². The van der Waals surface area contributed by atoms with Gasteiger partial charge >= 0.3 is 12.2 Å². The molecule has 3 aromatic rings. The van der Waals surface area contributed by atoms with Crippen molar-refractivity contribution < 1.29 is 18.0 Å². The molecule has 1 aliphatic heterocycles. The minimum Gasteiger partial charge on any atom is -0.335 e. The van der Waals surface area contributed by atoms with Crippen molar-refractivity contribution in [2.45, 2.75) is 30.6 Å². The van der Waals surface area contributed by atoms with Crippen LogP contribution >= 0.6 is 0 Å². The van der Waals surface area contributed by atoms with Crippen molar-refractivity contribution >= 4 is 11.7 Å². The van der Waals surface area contributed by atoms with Gasteiger partial charge in [-0.15, -0.1) is 0 Å². The number of carbonyl (C=O) groups is 1. The molecule has 1 saturated carbocycles. The van der Waals surface area contributed by atoms with Gasteiger partial charge in [0.1, 0.15) is 0 Å². The van der Waals surface area contributed by atoms with Gasteiger partial charge in [-0.1, -0.05) is 30.3 Å². The van der Waals surface area contributed by atoms with Crippen LogP contribution in [0, 0.1) is 0 Å². The molecule has 1 aliphatic carbocycles. The van der Waals surface area contributed by atoms with E-state index in [1.54, 1.807) is 0 Å². The van der Waals surface area contributed by atoms with Crippen LogP contribution in [0.2, 0.25) is 0 Å². The lowest BCUT2D eigenvalue weighted by Gasteiger charge is -2.47. The first-order valence-corrected chi connectivity index (χ1v) is 9.24. The van der Waals surface area contributed by atoms with E-state index in [2.05, 4.69) is 32.3 Å². The quantitative estimate of drug-likeness (QED) is 0.662. The molecule has 5 nitrogen and oxygen atoms in total. The normalized spacial score (nSPS) is 22.0. The zero-order valence-corrected chi connectivity index (χ0v) is 15.2. The number of halogens is 3. The molecule has 0 radical (unpaired) electrons. The van der Waals surface area contributed by atoms with E-state index in [9.17, 15) is 18.0 Å². The SMILES string of the molecule is O=C(Nc1cccc(C(F)(F)F)c1)NC1CC2(C1)c1ccccc1-c1cncn12. The van der Waals surface area contributed by atoms with Crippen LogP contribution in [0.15, 0.2) is 61.1 Å². The fourth-order valence-electron chi connectivity index (χ4n) is 4.48. The molecule has 0 bridgehead atoms. The predicted molar refractivity (Wildman–Crippen MR) is 101 cm³/mol. The highest BCUT2D eigenvalue weighted by atomic mass is 19.4. The number of nitrogens with one attached hydrogen (secondary N) is 2. The number of anilines is 1. The lowest BCUT2D eigenvalue weighted by atomic mass is 9.68. The number of fused-ring (bicyclic) bond motifs is 5. The van der Waals surface area contributed by atoms with Gasteiger partial charge < -0.3 is 15.2 Å². The summed E-state index contributed by atoms with van der Waals surface area (Å²) >= 11 is 0. The maximum absolute atomic E-state index is 12.8.